The Morgan fingerprint density at radius 2 is 1.87 bits per heavy atom. The number of piperazine rings is 1. The normalized spacial score (nSPS) is 15.8. The number of carbonyl (C=O) groups is 1. The van der Waals surface area contributed by atoms with Crippen LogP contribution in [-0.2, 0) is 14.8 Å². The van der Waals surface area contributed by atoms with Crippen LogP contribution in [0.25, 0.3) is 0 Å². The maximum Gasteiger partial charge on any atom is 0.254 e. The third-order valence-electron chi connectivity index (χ3n) is 4.76. The van der Waals surface area contributed by atoms with E-state index in [0.717, 1.165) is 4.47 Å². The topological polar surface area (TPSA) is 112 Å². The highest BCUT2D eigenvalue weighted by Crippen LogP contribution is 2.25. The van der Waals surface area contributed by atoms with Crippen LogP contribution in [-0.4, -0.2) is 74.7 Å². The number of amides is 1. The largest absolute Gasteiger partial charge is 0.504 e. The van der Waals surface area contributed by atoms with Gasteiger partial charge < -0.3 is 9.84 Å². The highest BCUT2D eigenvalue weighted by molar-refractivity contribution is 9.10. The van der Waals surface area contributed by atoms with E-state index < -0.39 is 10.0 Å². The Morgan fingerprint density at radius 3 is 2.52 bits per heavy atom. The van der Waals surface area contributed by atoms with Crippen molar-refractivity contribution in [2.75, 3.05) is 39.8 Å². The second-order valence-corrected chi connectivity index (χ2v) is 9.71. The molecule has 1 amide bonds. The maximum atomic E-state index is 12.7. The standard InChI is InChI=1S/C20H23BrN4O5S/c1-30-19-12-15(2-7-18(19)26)13-22-23-20(27)14-24-8-10-25(11-9-24)31(28,29)17-5-3-16(21)4-6-17/h2-7,12-13,26H,8-11,14H2,1H3,(H,23,27)/b22-13+. The Kier molecular flexibility index (Phi) is 7.65. The van der Waals surface area contributed by atoms with Crippen LogP contribution in [0.3, 0.4) is 0 Å². The van der Waals surface area contributed by atoms with Gasteiger partial charge in [-0.2, -0.15) is 9.41 Å². The van der Waals surface area contributed by atoms with Gasteiger partial charge in [-0.3, -0.25) is 9.69 Å². The quantitative estimate of drug-likeness (QED) is 0.432. The second kappa shape index (κ2) is 10.2. The molecule has 1 fully saturated rings. The van der Waals surface area contributed by atoms with Crippen LogP contribution >= 0.6 is 15.9 Å². The molecule has 0 spiro atoms. The van der Waals surface area contributed by atoms with Crippen LogP contribution in [0.1, 0.15) is 5.56 Å². The van der Waals surface area contributed by atoms with Crippen molar-refractivity contribution >= 4 is 38.1 Å². The van der Waals surface area contributed by atoms with Crippen molar-refractivity contribution in [3.8, 4) is 11.5 Å². The average Bonchev–Trinajstić information content (AvgIpc) is 2.75. The number of nitrogens with one attached hydrogen (secondary N) is 1. The lowest BCUT2D eigenvalue weighted by Gasteiger charge is -2.33. The number of carbonyl (C=O) groups excluding carboxylic acids is 1. The van der Waals surface area contributed by atoms with Gasteiger partial charge >= 0.3 is 0 Å². The maximum absolute atomic E-state index is 12.7. The molecule has 0 bridgehead atoms. The van der Waals surface area contributed by atoms with Crippen LogP contribution in [0.15, 0.2) is 56.9 Å². The van der Waals surface area contributed by atoms with E-state index in [4.69, 9.17) is 4.74 Å². The first kappa shape index (κ1) is 23.2. The summed E-state index contributed by atoms with van der Waals surface area (Å²) in [6.45, 7) is 1.62. The van der Waals surface area contributed by atoms with E-state index in [-0.39, 0.29) is 23.1 Å². The molecule has 2 aromatic carbocycles. The van der Waals surface area contributed by atoms with E-state index in [1.165, 1.54) is 23.7 Å². The first-order chi connectivity index (χ1) is 14.8. The van der Waals surface area contributed by atoms with Crippen molar-refractivity contribution in [1.82, 2.24) is 14.6 Å². The zero-order valence-electron chi connectivity index (χ0n) is 16.9. The molecule has 1 aliphatic rings. The molecule has 2 aromatic rings. The zero-order valence-corrected chi connectivity index (χ0v) is 19.3. The number of methoxy groups -OCH3 is 1. The molecule has 0 saturated carbocycles. The van der Waals surface area contributed by atoms with E-state index in [9.17, 15) is 18.3 Å². The minimum atomic E-state index is -3.55. The number of benzene rings is 2. The van der Waals surface area contributed by atoms with Crippen LogP contribution in [0.4, 0.5) is 0 Å². The van der Waals surface area contributed by atoms with Crippen LogP contribution in [0.2, 0.25) is 0 Å². The molecule has 9 nitrogen and oxygen atoms in total. The minimum Gasteiger partial charge on any atom is -0.504 e. The summed E-state index contributed by atoms with van der Waals surface area (Å²) in [5.41, 5.74) is 3.11. The van der Waals surface area contributed by atoms with Gasteiger partial charge in [0.1, 0.15) is 0 Å². The van der Waals surface area contributed by atoms with Crippen molar-refractivity contribution in [2.24, 2.45) is 5.10 Å². The summed E-state index contributed by atoms with van der Waals surface area (Å²) in [5, 5.41) is 13.5. The van der Waals surface area contributed by atoms with Gasteiger partial charge in [-0.1, -0.05) is 15.9 Å². The number of phenols is 1. The molecule has 3 rings (SSSR count). The molecule has 1 saturated heterocycles. The fourth-order valence-corrected chi connectivity index (χ4v) is 4.76. The fourth-order valence-electron chi connectivity index (χ4n) is 3.08. The highest BCUT2D eigenvalue weighted by atomic mass is 79.9. The SMILES string of the molecule is COc1cc(/C=N/NC(=O)CN2CCN(S(=O)(=O)c3ccc(Br)cc3)CC2)ccc1O. The molecular weight excluding hydrogens is 488 g/mol. The lowest BCUT2D eigenvalue weighted by Crippen LogP contribution is -2.50. The number of ether oxygens (including phenoxy) is 1. The van der Waals surface area contributed by atoms with Gasteiger partial charge in [0.05, 0.1) is 24.8 Å². The third kappa shape index (κ3) is 6.03. The van der Waals surface area contributed by atoms with Crippen molar-refractivity contribution in [3.05, 3.63) is 52.5 Å². The lowest BCUT2D eigenvalue weighted by molar-refractivity contribution is -0.122. The van der Waals surface area contributed by atoms with Crippen LogP contribution in [0.5, 0.6) is 11.5 Å². The number of rotatable bonds is 7. The molecule has 0 aliphatic carbocycles. The summed E-state index contributed by atoms with van der Waals surface area (Å²) in [4.78, 5) is 14.3. The summed E-state index contributed by atoms with van der Waals surface area (Å²) >= 11 is 3.30. The summed E-state index contributed by atoms with van der Waals surface area (Å²) in [6, 6.07) is 11.2. The average molecular weight is 511 g/mol. The van der Waals surface area contributed by atoms with Gasteiger partial charge in [-0.15, -0.1) is 0 Å². The summed E-state index contributed by atoms with van der Waals surface area (Å²) in [7, 11) is -2.10. The molecule has 2 N–H and O–H groups in total. The lowest BCUT2D eigenvalue weighted by atomic mass is 10.2. The molecule has 11 heteroatoms. The van der Waals surface area contributed by atoms with Crippen molar-refractivity contribution in [1.29, 1.82) is 0 Å². The molecule has 0 aromatic heterocycles. The fraction of sp³-hybridized carbons (Fsp3) is 0.300. The minimum absolute atomic E-state index is 0.0185. The molecule has 0 unspecified atom stereocenters. The monoisotopic (exact) mass is 510 g/mol. The second-order valence-electron chi connectivity index (χ2n) is 6.86. The molecular formula is C20H23BrN4O5S. The highest BCUT2D eigenvalue weighted by Gasteiger charge is 2.28. The number of hydrogen-bond donors (Lipinski definition) is 2. The molecule has 166 valence electrons. The van der Waals surface area contributed by atoms with Gasteiger partial charge in [0, 0.05) is 30.7 Å². The number of sulfonamides is 1. The van der Waals surface area contributed by atoms with Crippen LogP contribution in [0, 0.1) is 0 Å². The first-order valence-corrected chi connectivity index (χ1v) is 11.7. The molecule has 31 heavy (non-hydrogen) atoms. The van der Waals surface area contributed by atoms with Crippen molar-refractivity contribution < 1.29 is 23.1 Å². The van der Waals surface area contributed by atoms with Crippen molar-refractivity contribution in [2.45, 2.75) is 4.90 Å². The van der Waals surface area contributed by atoms with E-state index in [1.807, 2.05) is 4.90 Å². The Balaban J connectivity index is 1.48. The number of phenolic OH excluding ortho intramolecular Hbond substituents is 1. The van der Waals surface area contributed by atoms with E-state index in [1.54, 1.807) is 36.4 Å². The zero-order chi connectivity index (χ0) is 22.4. The molecule has 1 aliphatic heterocycles. The third-order valence-corrected chi connectivity index (χ3v) is 7.20. The number of hydrogen-bond acceptors (Lipinski definition) is 7. The Labute approximate surface area is 189 Å². The van der Waals surface area contributed by atoms with Gasteiger partial charge in [0.15, 0.2) is 11.5 Å². The molecule has 1 heterocycles. The van der Waals surface area contributed by atoms with Gasteiger partial charge in [-0.25, -0.2) is 13.8 Å². The Morgan fingerprint density at radius 1 is 1.19 bits per heavy atom. The van der Waals surface area contributed by atoms with Crippen LogP contribution < -0.4 is 10.2 Å². The first-order valence-electron chi connectivity index (χ1n) is 9.46. The van der Waals surface area contributed by atoms with Gasteiger partial charge in [-0.05, 0) is 48.0 Å². The van der Waals surface area contributed by atoms with Gasteiger partial charge in [0.2, 0.25) is 10.0 Å². The number of nitrogens with zero attached hydrogens (tertiary/aromatic N) is 3. The number of halogens is 1. The number of aromatic hydroxyl groups is 1. The summed E-state index contributed by atoms with van der Waals surface area (Å²) in [6.07, 6.45) is 1.45. The predicted molar refractivity (Wildman–Crippen MR) is 120 cm³/mol. The Hall–Kier alpha value is -2.47. The number of hydrazone groups is 1. The molecule has 0 radical (unpaired) electrons. The summed E-state index contributed by atoms with van der Waals surface area (Å²) < 4.78 is 32.7. The van der Waals surface area contributed by atoms with Crippen molar-refractivity contribution in [3.63, 3.8) is 0 Å². The summed E-state index contributed by atoms with van der Waals surface area (Å²) in [5.74, 6) is 0.0300. The smallest absolute Gasteiger partial charge is 0.254 e. The van der Waals surface area contributed by atoms with Gasteiger partial charge in [0.25, 0.3) is 5.91 Å². The molecule has 0 atom stereocenters. The van der Waals surface area contributed by atoms with E-state index >= 15 is 0 Å². The van der Waals surface area contributed by atoms with E-state index in [0.29, 0.717) is 37.5 Å². The van der Waals surface area contributed by atoms with E-state index in [2.05, 4.69) is 26.5 Å². The predicted octanol–water partition coefficient (Wildman–Crippen LogP) is 1.62. The Bertz CT molecular complexity index is 1050.